The van der Waals surface area contributed by atoms with Gasteiger partial charge in [0.05, 0.1) is 12.1 Å². The molecule has 0 aliphatic rings. The highest BCUT2D eigenvalue weighted by atomic mass is 16.4. The fourth-order valence-corrected chi connectivity index (χ4v) is 6.64. The van der Waals surface area contributed by atoms with Crippen LogP contribution in [0.3, 0.4) is 0 Å². The largest absolute Gasteiger partial charge is 0.508 e. The first-order chi connectivity index (χ1) is 30.4. The number of benzene rings is 1. The molecule has 0 spiro atoms. The summed E-state index contributed by atoms with van der Waals surface area (Å²) in [5.41, 5.74) is 17.8. The molecule has 21 nitrogen and oxygen atoms in total. The van der Waals surface area contributed by atoms with Crippen molar-refractivity contribution in [3.8, 4) is 5.75 Å². The summed E-state index contributed by atoms with van der Waals surface area (Å²) < 4.78 is 0. The van der Waals surface area contributed by atoms with Crippen molar-refractivity contribution in [2.45, 2.75) is 161 Å². The van der Waals surface area contributed by atoms with E-state index in [0.717, 1.165) is 0 Å². The van der Waals surface area contributed by atoms with E-state index in [0.29, 0.717) is 44.2 Å². The summed E-state index contributed by atoms with van der Waals surface area (Å²) in [5.74, 6) is -7.55. The molecule has 0 aliphatic heterocycles. The van der Waals surface area contributed by atoms with E-state index in [4.69, 9.17) is 17.2 Å². The molecule has 1 aromatic rings. The second kappa shape index (κ2) is 29.2. The number of carboxylic acids is 1. The normalized spacial score (nSPS) is 15.6. The number of phenols is 1. The molecule has 0 saturated heterocycles. The van der Waals surface area contributed by atoms with Gasteiger partial charge in [-0.05, 0) is 107 Å². The molecule has 1 rings (SSSR count). The summed E-state index contributed by atoms with van der Waals surface area (Å²) >= 11 is 0. The summed E-state index contributed by atoms with van der Waals surface area (Å²) in [5, 5.41) is 48.2. The van der Waals surface area contributed by atoms with Crippen molar-refractivity contribution in [2.75, 3.05) is 13.1 Å². The number of carbonyl (C=O) groups is 8. The van der Waals surface area contributed by atoms with Crippen molar-refractivity contribution in [1.82, 2.24) is 37.2 Å². The van der Waals surface area contributed by atoms with E-state index in [1.54, 1.807) is 27.7 Å². The van der Waals surface area contributed by atoms with Gasteiger partial charge in [-0.2, -0.15) is 0 Å². The molecule has 21 heteroatoms. The van der Waals surface area contributed by atoms with Crippen LogP contribution in [0.5, 0.6) is 5.75 Å². The topological polar surface area (TPSA) is 360 Å². The van der Waals surface area contributed by atoms with Crippen LogP contribution in [0.4, 0.5) is 0 Å². The van der Waals surface area contributed by atoms with Crippen LogP contribution in [0.25, 0.3) is 0 Å². The molecule has 368 valence electrons. The molecule has 0 fully saturated rings. The molecular formula is C44H76N10O11. The summed E-state index contributed by atoms with van der Waals surface area (Å²) in [4.78, 5) is 107. The standard InChI is InChI=1S/C44H76N10O11/c1-23(2)21-30(47)38(58)52-34(24(3)4)42(62)48-26(7)37(57)51-33(22-28-15-17-29(56)18-16-28)41(61)54-36(27(8)55)43(63)50-31(13-9-11-19-45)39(59)49-32(14-10-12-20-46)40(60)53-35(25(5)6)44(64)65/h15-18,23-27,30-36,55-56H,9-14,19-22,45-47H2,1-8H3,(H,48,62)(H,49,59)(H,50,63)(H,51,57)(H,52,58)(H,53,60)(H,54,61)(H,64,65)/t26-,27+,30-,31-,32-,33-,34-,35-,36-/m0/s1. The maximum absolute atomic E-state index is 14.0. The van der Waals surface area contributed by atoms with Gasteiger partial charge in [0.25, 0.3) is 0 Å². The molecule has 0 heterocycles. The van der Waals surface area contributed by atoms with Gasteiger partial charge in [0, 0.05) is 6.42 Å². The Hall–Kier alpha value is -5.38. The fourth-order valence-electron chi connectivity index (χ4n) is 6.64. The third-order valence-electron chi connectivity index (χ3n) is 10.5. The van der Waals surface area contributed by atoms with Gasteiger partial charge in [-0.15, -0.1) is 0 Å². The monoisotopic (exact) mass is 921 g/mol. The highest BCUT2D eigenvalue weighted by Crippen LogP contribution is 2.14. The van der Waals surface area contributed by atoms with E-state index in [1.165, 1.54) is 38.1 Å². The van der Waals surface area contributed by atoms with E-state index in [9.17, 15) is 53.7 Å². The lowest BCUT2D eigenvalue weighted by Gasteiger charge is -2.29. The number of nitrogens with two attached hydrogens (primary N) is 3. The summed E-state index contributed by atoms with van der Waals surface area (Å²) in [6, 6.07) is -4.27. The minimum absolute atomic E-state index is 0.0331. The fraction of sp³-hybridized carbons (Fsp3) is 0.682. The Kier molecular flexibility index (Phi) is 25.9. The number of hydrogen-bond donors (Lipinski definition) is 13. The Morgan fingerprint density at radius 1 is 0.538 bits per heavy atom. The van der Waals surface area contributed by atoms with Crippen LogP contribution in [-0.4, -0.2) is 130 Å². The van der Waals surface area contributed by atoms with Gasteiger partial charge >= 0.3 is 5.97 Å². The number of carboxylic acid groups (broad SMARTS) is 1. The zero-order valence-corrected chi connectivity index (χ0v) is 39.1. The maximum atomic E-state index is 14.0. The van der Waals surface area contributed by atoms with E-state index in [1.807, 2.05) is 13.8 Å². The van der Waals surface area contributed by atoms with E-state index < -0.39 is 114 Å². The number of aliphatic hydroxyl groups excluding tert-OH is 1. The summed E-state index contributed by atoms with van der Waals surface area (Å²) in [6.45, 7) is 13.6. The number of rotatable bonds is 30. The highest BCUT2D eigenvalue weighted by molar-refractivity contribution is 5.97. The number of aromatic hydroxyl groups is 1. The van der Waals surface area contributed by atoms with Gasteiger partial charge in [0.15, 0.2) is 0 Å². The average Bonchev–Trinajstić information content (AvgIpc) is 3.22. The maximum Gasteiger partial charge on any atom is 0.326 e. The van der Waals surface area contributed by atoms with Crippen molar-refractivity contribution < 1.29 is 53.7 Å². The number of hydrogen-bond acceptors (Lipinski definition) is 13. The highest BCUT2D eigenvalue weighted by Gasteiger charge is 2.36. The number of unbranched alkanes of at least 4 members (excludes halogenated alkanes) is 2. The molecule has 1 aromatic carbocycles. The molecule has 16 N–H and O–H groups in total. The smallest absolute Gasteiger partial charge is 0.326 e. The van der Waals surface area contributed by atoms with Crippen LogP contribution < -0.4 is 54.4 Å². The van der Waals surface area contributed by atoms with E-state index in [-0.39, 0.29) is 37.5 Å². The third-order valence-corrected chi connectivity index (χ3v) is 10.5. The molecule has 0 radical (unpaired) electrons. The number of carbonyl (C=O) groups excluding carboxylic acids is 7. The molecular weight excluding hydrogens is 845 g/mol. The molecule has 0 aliphatic carbocycles. The second-order valence-electron chi connectivity index (χ2n) is 17.6. The first-order valence-corrected chi connectivity index (χ1v) is 22.4. The predicted octanol–water partition coefficient (Wildman–Crippen LogP) is -1.24. The number of aliphatic carboxylic acids is 1. The first-order valence-electron chi connectivity index (χ1n) is 22.4. The zero-order valence-electron chi connectivity index (χ0n) is 39.1. The molecule has 0 saturated carbocycles. The third kappa shape index (κ3) is 21.0. The number of nitrogens with one attached hydrogen (secondary N) is 7. The van der Waals surface area contributed by atoms with Crippen LogP contribution in [0.2, 0.25) is 0 Å². The minimum Gasteiger partial charge on any atom is -0.508 e. The SMILES string of the molecule is CC(C)C[C@H](N)C(=O)N[C@H](C(=O)N[C@@H](C)C(=O)N[C@@H](Cc1ccc(O)cc1)C(=O)N[C@H](C(=O)N[C@@H](CCCCN)C(=O)N[C@@H](CCCCN)C(=O)N[C@H](C(=O)O)C(C)C)[C@@H](C)O)C(C)C. The van der Waals surface area contributed by atoms with Crippen molar-refractivity contribution in [3.63, 3.8) is 0 Å². The van der Waals surface area contributed by atoms with Gasteiger partial charge in [0.2, 0.25) is 41.4 Å². The molecule has 0 unspecified atom stereocenters. The lowest BCUT2D eigenvalue weighted by Crippen LogP contribution is -2.62. The Morgan fingerprint density at radius 3 is 1.43 bits per heavy atom. The Balaban J connectivity index is 3.39. The summed E-state index contributed by atoms with van der Waals surface area (Å²) in [6.07, 6.45) is 0.523. The van der Waals surface area contributed by atoms with Gasteiger partial charge in [-0.1, -0.05) is 53.7 Å². The van der Waals surface area contributed by atoms with Crippen molar-refractivity contribution >= 4 is 47.3 Å². The Morgan fingerprint density at radius 2 is 0.969 bits per heavy atom. The number of phenolic OH excluding ortho intramolecular Hbond substituents is 1. The van der Waals surface area contributed by atoms with E-state index in [2.05, 4.69) is 37.2 Å². The average molecular weight is 921 g/mol. The molecule has 0 aromatic heterocycles. The van der Waals surface area contributed by atoms with E-state index >= 15 is 0 Å². The second-order valence-corrected chi connectivity index (χ2v) is 17.6. The van der Waals surface area contributed by atoms with Crippen LogP contribution in [0, 0.1) is 17.8 Å². The van der Waals surface area contributed by atoms with Crippen LogP contribution in [0.1, 0.15) is 106 Å². The summed E-state index contributed by atoms with van der Waals surface area (Å²) in [7, 11) is 0. The predicted molar refractivity (Wildman–Crippen MR) is 243 cm³/mol. The van der Waals surface area contributed by atoms with Crippen LogP contribution >= 0.6 is 0 Å². The van der Waals surface area contributed by atoms with Gasteiger partial charge in [-0.25, -0.2) is 4.79 Å². The van der Waals surface area contributed by atoms with Crippen LogP contribution in [0.15, 0.2) is 24.3 Å². The zero-order chi connectivity index (χ0) is 49.6. The van der Waals surface area contributed by atoms with Crippen molar-refractivity contribution in [3.05, 3.63) is 29.8 Å². The van der Waals surface area contributed by atoms with Gasteiger partial charge in [0.1, 0.15) is 48.0 Å². The quantitative estimate of drug-likeness (QED) is 0.0402. The Bertz CT molecular complexity index is 1710. The lowest BCUT2D eigenvalue weighted by atomic mass is 10.00. The van der Waals surface area contributed by atoms with Crippen molar-refractivity contribution in [2.24, 2.45) is 35.0 Å². The number of aliphatic hydroxyl groups is 1. The van der Waals surface area contributed by atoms with Gasteiger partial charge in [-0.3, -0.25) is 33.6 Å². The molecule has 9 atom stereocenters. The van der Waals surface area contributed by atoms with Crippen molar-refractivity contribution in [1.29, 1.82) is 0 Å². The molecule has 65 heavy (non-hydrogen) atoms. The molecule has 7 amide bonds. The van der Waals surface area contributed by atoms with Gasteiger partial charge < -0.3 is 69.7 Å². The first kappa shape index (κ1) is 57.6. The number of amides is 7. The molecule has 0 bridgehead atoms. The Labute approximate surface area is 382 Å². The lowest BCUT2D eigenvalue weighted by molar-refractivity contribution is -0.143. The minimum atomic E-state index is -1.69. The van der Waals surface area contributed by atoms with Crippen LogP contribution in [-0.2, 0) is 44.8 Å².